The van der Waals surface area contributed by atoms with Crippen molar-refractivity contribution in [2.75, 3.05) is 13.2 Å². The number of rotatable bonds is 10. The molecule has 3 heteroatoms. The first-order valence-electron chi connectivity index (χ1n) is 9.27. The van der Waals surface area contributed by atoms with Crippen LogP contribution in [-0.2, 0) is 17.6 Å². The molecule has 0 radical (unpaired) electrons. The number of aliphatic hydroxyl groups excluding tert-OH is 1. The molecule has 130 valence electrons. The first-order chi connectivity index (χ1) is 11.2. The Bertz CT molecular complexity index is 445. The van der Waals surface area contributed by atoms with Crippen molar-refractivity contribution >= 4 is 0 Å². The molecule has 2 unspecified atom stereocenters. The lowest BCUT2D eigenvalue weighted by atomic mass is 9.89. The molecule has 3 N–H and O–H groups in total. The Hall–Kier alpha value is -0.900. The second-order valence-corrected chi connectivity index (χ2v) is 7.04. The van der Waals surface area contributed by atoms with Gasteiger partial charge in [0.05, 0.1) is 18.2 Å². The number of unbranched alkanes of at least 4 members (excludes halogenated alkanes) is 5. The fourth-order valence-corrected chi connectivity index (χ4v) is 3.33. The largest absolute Gasteiger partial charge is 0.394 e. The molecule has 3 nitrogen and oxygen atoms in total. The van der Waals surface area contributed by atoms with Gasteiger partial charge in [-0.15, -0.1) is 0 Å². The third-order valence-electron chi connectivity index (χ3n) is 5.09. The number of hydrogen-bond donors (Lipinski definition) is 2. The highest BCUT2D eigenvalue weighted by Crippen LogP contribution is 2.26. The number of hydrogen-bond acceptors (Lipinski definition) is 3. The van der Waals surface area contributed by atoms with Gasteiger partial charge in [-0.25, -0.2) is 0 Å². The molecule has 1 saturated heterocycles. The summed E-state index contributed by atoms with van der Waals surface area (Å²) in [6.45, 7) is 2.90. The fraction of sp³-hybridized carbons (Fsp3) is 0.700. The van der Waals surface area contributed by atoms with Crippen LogP contribution in [0.4, 0.5) is 0 Å². The van der Waals surface area contributed by atoms with E-state index < -0.39 is 5.54 Å². The maximum absolute atomic E-state index is 9.49. The van der Waals surface area contributed by atoms with Crippen molar-refractivity contribution in [3.63, 3.8) is 0 Å². The van der Waals surface area contributed by atoms with Crippen molar-refractivity contribution in [2.24, 2.45) is 5.73 Å². The van der Waals surface area contributed by atoms with E-state index in [0.717, 1.165) is 12.8 Å². The zero-order valence-electron chi connectivity index (χ0n) is 14.6. The van der Waals surface area contributed by atoms with Crippen molar-refractivity contribution in [1.82, 2.24) is 0 Å². The van der Waals surface area contributed by atoms with Gasteiger partial charge in [-0.2, -0.15) is 0 Å². The average Bonchev–Trinajstić information content (AvgIpc) is 2.94. The van der Waals surface area contributed by atoms with Crippen molar-refractivity contribution < 1.29 is 9.84 Å². The molecule has 0 saturated carbocycles. The minimum absolute atomic E-state index is 0.00617. The van der Waals surface area contributed by atoms with E-state index in [-0.39, 0.29) is 12.7 Å². The average molecular weight is 319 g/mol. The molecule has 23 heavy (non-hydrogen) atoms. The predicted octanol–water partition coefficient (Wildman–Crippen LogP) is 3.61. The zero-order chi connectivity index (χ0) is 16.5. The topological polar surface area (TPSA) is 55.5 Å². The van der Waals surface area contributed by atoms with Gasteiger partial charge >= 0.3 is 0 Å². The van der Waals surface area contributed by atoms with Crippen molar-refractivity contribution in [2.45, 2.75) is 76.4 Å². The van der Waals surface area contributed by atoms with Crippen molar-refractivity contribution in [3.8, 4) is 0 Å². The first-order valence-corrected chi connectivity index (χ1v) is 9.27. The second kappa shape index (κ2) is 9.41. The molecule has 0 aromatic heterocycles. The Morgan fingerprint density at radius 1 is 1.09 bits per heavy atom. The molecule has 1 fully saturated rings. The minimum atomic E-state index is -0.572. The van der Waals surface area contributed by atoms with E-state index in [2.05, 4.69) is 31.2 Å². The summed E-state index contributed by atoms with van der Waals surface area (Å²) in [7, 11) is 0. The van der Waals surface area contributed by atoms with Gasteiger partial charge in [0.1, 0.15) is 0 Å². The molecule has 0 spiro atoms. The van der Waals surface area contributed by atoms with E-state index in [0.29, 0.717) is 6.61 Å². The van der Waals surface area contributed by atoms with E-state index >= 15 is 0 Å². The zero-order valence-corrected chi connectivity index (χ0v) is 14.6. The molecule has 1 aromatic rings. The number of aryl methyl sites for hydroxylation is 1. The molecule has 1 aliphatic heterocycles. The van der Waals surface area contributed by atoms with E-state index in [9.17, 15) is 5.11 Å². The number of aliphatic hydroxyl groups is 1. The summed E-state index contributed by atoms with van der Waals surface area (Å²) in [5.41, 5.74) is 8.31. The molecule has 0 bridgehead atoms. The van der Waals surface area contributed by atoms with Crippen molar-refractivity contribution in [1.29, 1.82) is 0 Å². The summed E-state index contributed by atoms with van der Waals surface area (Å²) in [6, 6.07) is 8.83. The molecule has 1 aromatic carbocycles. The highest BCUT2D eigenvalue weighted by atomic mass is 16.5. The van der Waals surface area contributed by atoms with Gasteiger partial charge in [-0.05, 0) is 30.4 Å². The Balaban J connectivity index is 1.74. The molecular formula is C20H33NO2. The Kier molecular flexibility index (Phi) is 7.54. The smallest absolute Gasteiger partial charge is 0.0818 e. The van der Waals surface area contributed by atoms with Crippen LogP contribution in [-0.4, -0.2) is 30.0 Å². The number of ether oxygens (including phenoxy) is 1. The predicted molar refractivity (Wildman–Crippen MR) is 95.6 cm³/mol. The summed E-state index contributed by atoms with van der Waals surface area (Å²) < 4.78 is 5.72. The van der Waals surface area contributed by atoms with Gasteiger partial charge in [0, 0.05) is 13.0 Å². The van der Waals surface area contributed by atoms with E-state index in [4.69, 9.17) is 10.5 Å². The van der Waals surface area contributed by atoms with Gasteiger partial charge in [-0.1, -0.05) is 63.3 Å². The normalized spacial score (nSPS) is 24.2. The van der Waals surface area contributed by atoms with Crippen LogP contribution in [0.5, 0.6) is 0 Å². The standard InChI is InChI=1S/C20H33NO2/c1-2-3-4-5-6-7-8-17-9-11-18(12-10-17)15-19-20(21,16-22)13-14-23-19/h9-12,19,22H,2-8,13-16,21H2,1H3. The highest BCUT2D eigenvalue weighted by Gasteiger charge is 2.40. The van der Waals surface area contributed by atoms with E-state index in [1.807, 2.05) is 0 Å². The van der Waals surface area contributed by atoms with Crippen LogP contribution in [0.1, 0.15) is 63.0 Å². The summed E-state index contributed by atoms with van der Waals surface area (Å²) >= 11 is 0. The summed E-state index contributed by atoms with van der Waals surface area (Å²) in [5.74, 6) is 0. The third kappa shape index (κ3) is 5.59. The SMILES string of the molecule is CCCCCCCCc1ccc(CC2OCCC2(N)CO)cc1. The van der Waals surface area contributed by atoms with Gasteiger partial charge < -0.3 is 15.6 Å². The molecule has 2 atom stereocenters. The van der Waals surface area contributed by atoms with Gasteiger partial charge in [0.15, 0.2) is 0 Å². The summed E-state index contributed by atoms with van der Waals surface area (Å²) in [5, 5.41) is 9.49. The van der Waals surface area contributed by atoms with Gasteiger partial charge in [-0.3, -0.25) is 0 Å². The molecule has 1 aliphatic rings. The Morgan fingerprint density at radius 2 is 1.74 bits per heavy atom. The van der Waals surface area contributed by atoms with Crippen LogP contribution >= 0.6 is 0 Å². The Morgan fingerprint density at radius 3 is 2.43 bits per heavy atom. The monoisotopic (exact) mass is 319 g/mol. The van der Waals surface area contributed by atoms with Crippen LogP contribution in [0.25, 0.3) is 0 Å². The van der Waals surface area contributed by atoms with E-state index in [1.54, 1.807) is 0 Å². The van der Waals surface area contributed by atoms with Gasteiger partial charge in [0.2, 0.25) is 0 Å². The number of nitrogens with two attached hydrogens (primary N) is 1. The summed E-state index contributed by atoms with van der Waals surface area (Å²) in [4.78, 5) is 0. The van der Waals surface area contributed by atoms with Crippen LogP contribution < -0.4 is 5.73 Å². The van der Waals surface area contributed by atoms with E-state index in [1.165, 1.54) is 56.1 Å². The summed E-state index contributed by atoms with van der Waals surface area (Å²) in [6.07, 6.45) is 10.7. The van der Waals surface area contributed by atoms with Crippen LogP contribution in [0, 0.1) is 0 Å². The minimum Gasteiger partial charge on any atom is -0.394 e. The van der Waals surface area contributed by atoms with Gasteiger partial charge in [0.25, 0.3) is 0 Å². The lowest BCUT2D eigenvalue weighted by Crippen LogP contribution is -2.51. The van der Waals surface area contributed by atoms with Crippen LogP contribution in [0.15, 0.2) is 24.3 Å². The molecule has 0 aliphatic carbocycles. The molecule has 1 heterocycles. The molecular weight excluding hydrogens is 286 g/mol. The lowest BCUT2D eigenvalue weighted by molar-refractivity contribution is 0.0582. The van der Waals surface area contributed by atoms with Crippen LogP contribution in [0.2, 0.25) is 0 Å². The maximum atomic E-state index is 9.49. The Labute approximate surface area is 141 Å². The quantitative estimate of drug-likeness (QED) is 0.648. The van der Waals surface area contributed by atoms with Crippen LogP contribution in [0.3, 0.4) is 0 Å². The molecule has 0 amide bonds. The maximum Gasteiger partial charge on any atom is 0.0818 e. The van der Waals surface area contributed by atoms with Crippen molar-refractivity contribution in [3.05, 3.63) is 35.4 Å². The third-order valence-corrected chi connectivity index (χ3v) is 5.09. The second-order valence-electron chi connectivity index (χ2n) is 7.04. The molecule has 2 rings (SSSR count). The number of benzene rings is 1. The fourth-order valence-electron chi connectivity index (χ4n) is 3.33. The first kappa shape index (κ1) is 18.4. The highest BCUT2D eigenvalue weighted by molar-refractivity contribution is 5.24. The lowest BCUT2D eigenvalue weighted by Gasteiger charge is -2.27.